The van der Waals surface area contributed by atoms with Crippen LogP contribution in [0.1, 0.15) is 13.8 Å². The fourth-order valence-electron chi connectivity index (χ4n) is 0.367. The summed E-state index contributed by atoms with van der Waals surface area (Å²) in [5.41, 5.74) is 0. The van der Waals surface area contributed by atoms with E-state index in [1.54, 1.807) is 26.0 Å². The van der Waals surface area contributed by atoms with Crippen molar-refractivity contribution >= 4 is 5.97 Å². The second-order valence-corrected chi connectivity index (χ2v) is 1.63. The summed E-state index contributed by atoms with van der Waals surface area (Å²) >= 11 is 0. The number of carbonyl (C=O) groups excluding carboxylic acids is 1. The normalized spacial score (nSPS) is 14.2. The SMILES string of the molecule is CC=CC(C)C([O])=O. The Hall–Kier alpha value is -0.790. The van der Waals surface area contributed by atoms with E-state index in [4.69, 9.17) is 0 Å². The van der Waals surface area contributed by atoms with E-state index in [9.17, 15) is 9.90 Å². The molecule has 1 unspecified atom stereocenters. The van der Waals surface area contributed by atoms with Gasteiger partial charge < -0.3 is 0 Å². The van der Waals surface area contributed by atoms with Gasteiger partial charge in [0.05, 0.1) is 5.92 Å². The highest BCUT2D eigenvalue weighted by Gasteiger charge is 2.06. The summed E-state index contributed by atoms with van der Waals surface area (Å²) < 4.78 is 0. The van der Waals surface area contributed by atoms with Gasteiger partial charge in [-0.15, -0.1) is 0 Å². The number of hydrogen-bond donors (Lipinski definition) is 0. The third-order valence-electron chi connectivity index (χ3n) is 0.853. The third-order valence-corrected chi connectivity index (χ3v) is 0.853. The molecule has 0 heterocycles. The second kappa shape index (κ2) is 3.24. The Morgan fingerprint density at radius 2 is 2.12 bits per heavy atom. The van der Waals surface area contributed by atoms with Crippen LogP contribution in [0.5, 0.6) is 0 Å². The predicted octanol–water partition coefficient (Wildman–Crippen LogP) is 1.16. The van der Waals surface area contributed by atoms with Crippen molar-refractivity contribution in [3.8, 4) is 0 Å². The van der Waals surface area contributed by atoms with E-state index in [0.717, 1.165) is 0 Å². The van der Waals surface area contributed by atoms with Crippen LogP contribution in [0.2, 0.25) is 0 Å². The van der Waals surface area contributed by atoms with E-state index < -0.39 is 11.9 Å². The van der Waals surface area contributed by atoms with Gasteiger partial charge in [0.2, 0.25) is 0 Å². The molecular weight excluding hydrogens is 104 g/mol. The fourth-order valence-corrected chi connectivity index (χ4v) is 0.367. The largest absolute Gasteiger partial charge is 0.362 e. The molecule has 8 heavy (non-hydrogen) atoms. The number of rotatable bonds is 2. The summed E-state index contributed by atoms with van der Waals surface area (Å²) in [4.78, 5) is 9.93. The number of hydrogen-bond acceptors (Lipinski definition) is 1. The smallest absolute Gasteiger partial charge is 0.247 e. The maximum atomic E-state index is 9.93. The Bertz CT molecular complexity index is 105. The Balaban J connectivity index is 3.64. The summed E-state index contributed by atoms with van der Waals surface area (Å²) in [7, 11) is 0. The van der Waals surface area contributed by atoms with Crippen molar-refractivity contribution in [2.75, 3.05) is 0 Å². The van der Waals surface area contributed by atoms with Crippen LogP contribution in [0, 0.1) is 5.92 Å². The molecule has 2 heteroatoms. The van der Waals surface area contributed by atoms with E-state index in [2.05, 4.69) is 0 Å². The standard InChI is InChI=1S/C6H9O2/c1-3-4-5(2)6(7)8/h3-5H,1-2H3. The highest BCUT2D eigenvalue weighted by molar-refractivity contribution is 5.71. The molecule has 0 aliphatic carbocycles. The van der Waals surface area contributed by atoms with Crippen molar-refractivity contribution in [2.45, 2.75) is 13.8 Å². The molecule has 0 aliphatic heterocycles. The molecule has 0 spiro atoms. The van der Waals surface area contributed by atoms with Crippen LogP contribution >= 0.6 is 0 Å². The Kier molecular flexibility index (Phi) is 2.92. The molecule has 0 aromatic carbocycles. The van der Waals surface area contributed by atoms with Crippen molar-refractivity contribution in [1.29, 1.82) is 0 Å². The van der Waals surface area contributed by atoms with Gasteiger partial charge in [0.1, 0.15) is 0 Å². The minimum Gasteiger partial charge on any atom is -0.247 e. The maximum absolute atomic E-state index is 9.93. The summed E-state index contributed by atoms with van der Waals surface area (Å²) in [5, 5.41) is 9.93. The van der Waals surface area contributed by atoms with Crippen LogP contribution < -0.4 is 0 Å². The third kappa shape index (κ3) is 2.39. The van der Waals surface area contributed by atoms with Crippen molar-refractivity contribution in [3.05, 3.63) is 12.2 Å². The lowest BCUT2D eigenvalue weighted by atomic mass is 10.2. The molecule has 45 valence electrons. The van der Waals surface area contributed by atoms with E-state index in [-0.39, 0.29) is 0 Å². The number of allylic oxidation sites excluding steroid dienone is 1. The van der Waals surface area contributed by atoms with Gasteiger partial charge in [-0.2, -0.15) is 0 Å². The van der Waals surface area contributed by atoms with Crippen LogP contribution in [-0.2, 0) is 9.90 Å². The average molecular weight is 113 g/mol. The molecule has 0 aliphatic rings. The molecule has 0 rings (SSSR count). The lowest BCUT2D eigenvalue weighted by Gasteiger charge is -1.90. The molecule has 0 N–H and O–H groups in total. The van der Waals surface area contributed by atoms with Crippen LogP contribution in [0.4, 0.5) is 0 Å². The quantitative estimate of drug-likeness (QED) is 0.495. The van der Waals surface area contributed by atoms with Gasteiger partial charge in [-0.3, -0.25) is 0 Å². The van der Waals surface area contributed by atoms with Crippen LogP contribution in [0.25, 0.3) is 0 Å². The monoisotopic (exact) mass is 113 g/mol. The average Bonchev–Trinajstić information content (AvgIpc) is 1.67. The summed E-state index contributed by atoms with van der Waals surface area (Å²) in [6, 6.07) is 0. The van der Waals surface area contributed by atoms with Crippen molar-refractivity contribution in [1.82, 2.24) is 0 Å². The first-order valence-electron chi connectivity index (χ1n) is 2.52. The van der Waals surface area contributed by atoms with Crippen molar-refractivity contribution in [2.24, 2.45) is 5.92 Å². The molecule has 1 radical (unpaired) electrons. The van der Waals surface area contributed by atoms with Gasteiger partial charge in [-0.1, -0.05) is 12.2 Å². The Labute approximate surface area is 48.8 Å². The van der Waals surface area contributed by atoms with Gasteiger partial charge in [-0.25, -0.2) is 9.90 Å². The molecular formula is C6H9O2. The lowest BCUT2D eigenvalue weighted by molar-refractivity contribution is -0.145. The van der Waals surface area contributed by atoms with Crippen molar-refractivity contribution < 1.29 is 9.90 Å². The second-order valence-electron chi connectivity index (χ2n) is 1.63. The summed E-state index contributed by atoms with van der Waals surface area (Å²) in [5.74, 6) is -1.48. The Morgan fingerprint density at radius 3 is 2.25 bits per heavy atom. The molecule has 0 amide bonds. The summed E-state index contributed by atoms with van der Waals surface area (Å²) in [6.07, 6.45) is 3.27. The van der Waals surface area contributed by atoms with E-state index in [0.29, 0.717) is 0 Å². The first-order valence-corrected chi connectivity index (χ1v) is 2.52. The molecule has 0 aromatic heterocycles. The van der Waals surface area contributed by atoms with Crippen LogP contribution in [0.15, 0.2) is 12.2 Å². The zero-order chi connectivity index (χ0) is 6.57. The van der Waals surface area contributed by atoms with Gasteiger partial charge >= 0.3 is 5.97 Å². The van der Waals surface area contributed by atoms with E-state index >= 15 is 0 Å². The van der Waals surface area contributed by atoms with E-state index in [1.807, 2.05) is 0 Å². The topological polar surface area (TPSA) is 37.0 Å². The predicted molar refractivity (Wildman–Crippen MR) is 29.7 cm³/mol. The van der Waals surface area contributed by atoms with Gasteiger partial charge in [-0.05, 0) is 13.8 Å². The minimum atomic E-state index is -1.02. The molecule has 0 saturated carbocycles. The highest BCUT2D eigenvalue weighted by atomic mass is 16.4. The lowest BCUT2D eigenvalue weighted by Crippen LogP contribution is -2.03. The first-order chi connectivity index (χ1) is 3.68. The summed E-state index contributed by atoms with van der Waals surface area (Å²) in [6.45, 7) is 3.36. The fraction of sp³-hybridized carbons (Fsp3) is 0.500. The molecule has 0 saturated heterocycles. The van der Waals surface area contributed by atoms with Crippen LogP contribution in [0.3, 0.4) is 0 Å². The van der Waals surface area contributed by atoms with Gasteiger partial charge in [0, 0.05) is 0 Å². The molecule has 1 atom stereocenters. The first kappa shape index (κ1) is 7.21. The Morgan fingerprint density at radius 1 is 1.62 bits per heavy atom. The minimum absolute atomic E-state index is 0.458. The van der Waals surface area contributed by atoms with Crippen molar-refractivity contribution in [3.63, 3.8) is 0 Å². The van der Waals surface area contributed by atoms with Gasteiger partial charge in [0.15, 0.2) is 0 Å². The van der Waals surface area contributed by atoms with E-state index in [1.165, 1.54) is 0 Å². The van der Waals surface area contributed by atoms with Gasteiger partial charge in [0.25, 0.3) is 0 Å². The molecule has 0 fully saturated rings. The zero-order valence-electron chi connectivity index (χ0n) is 5.05. The molecule has 0 bridgehead atoms. The van der Waals surface area contributed by atoms with Crippen LogP contribution in [-0.4, -0.2) is 5.97 Å². The highest BCUT2D eigenvalue weighted by Crippen LogP contribution is 1.95. The molecule has 2 nitrogen and oxygen atoms in total. The zero-order valence-corrected chi connectivity index (χ0v) is 5.05. The molecule has 0 aromatic rings. The number of carbonyl (C=O) groups is 1. The maximum Gasteiger partial charge on any atom is 0.362 e.